The number of rotatable bonds is 7. The van der Waals surface area contributed by atoms with Crippen molar-refractivity contribution in [2.24, 2.45) is 0 Å². The van der Waals surface area contributed by atoms with E-state index >= 15 is 0 Å². The lowest BCUT2D eigenvalue weighted by Gasteiger charge is -2.18. The minimum atomic E-state index is -0.713. The van der Waals surface area contributed by atoms with Crippen molar-refractivity contribution in [3.8, 4) is 11.1 Å². The van der Waals surface area contributed by atoms with Crippen LogP contribution < -0.4 is 0 Å². The van der Waals surface area contributed by atoms with Crippen LogP contribution in [0.3, 0.4) is 0 Å². The molecule has 0 amide bonds. The predicted molar refractivity (Wildman–Crippen MR) is 84.2 cm³/mol. The molecule has 0 aliphatic rings. The maximum Gasteiger partial charge on any atom is 0.313 e. The molecular weight excluding hydrogens is 317 g/mol. The SMILES string of the molecule is C[C@@H](C(=O)OCCON([O-])O)c1ccc(-c2ccccc2)c(F)c1. The third kappa shape index (κ3) is 4.84. The van der Waals surface area contributed by atoms with Gasteiger partial charge in [-0.05, 0) is 24.1 Å². The molecule has 7 heteroatoms. The highest BCUT2D eigenvalue weighted by molar-refractivity contribution is 5.78. The van der Waals surface area contributed by atoms with Gasteiger partial charge < -0.3 is 15.2 Å². The summed E-state index contributed by atoms with van der Waals surface area (Å²) in [6.07, 6.45) is 0. The summed E-state index contributed by atoms with van der Waals surface area (Å²) >= 11 is 0. The van der Waals surface area contributed by atoms with Crippen LogP contribution in [-0.2, 0) is 14.4 Å². The molecule has 0 saturated heterocycles. The van der Waals surface area contributed by atoms with Crippen LogP contribution in [0, 0.1) is 11.0 Å². The number of carbonyl (C=O) groups excluding carboxylic acids is 1. The van der Waals surface area contributed by atoms with E-state index in [1.165, 1.54) is 6.07 Å². The number of esters is 1. The summed E-state index contributed by atoms with van der Waals surface area (Å²) in [5.74, 6) is -1.69. The standard InChI is InChI=1S/C17H17FNO5/c1-12(17(20)23-9-10-24-19(21)22)14-7-8-15(16(18)11-14)13-5-3-2-4-6-13/h2-8,11-12,21H,9-10H2,1H3/q-1/t12-/m1/s1. The van der Waals surface area contributed by atoms with Crippen LogP contribution in [0.4, 0.5) is 4.39 Å². The molecule has 24 heavy (non-hydrogen) atoms. The van der Waals surface area contributed by atoms with Crippen molar-refractivity contribution >= 4 is 5.97 Å². The Morgan fingerprint density at radius 3 is 2.58 bits per heavy atom. The minimum absolute atomic E-state index is 0.201. The highest BCUT2D eigenvalue weighted by Gasteiger charge is 2.18. The molecule has 0 spiro atoms. The molecule has 0 saturated carbocycles. The lowest BCUT2D eigenvalue weighted by Crippen LogP contribution is -2.19. The third-order valence-corrected chi connectivity index (χ3v) is 3.46. The number of hydrogen-bond donors (Lipinski definition) is 1. The average Bonchev–Trinajstić information content (AvgIpc) is 2.58. The number of ether oxygens (including phenoxy) is 1. The summed E-state index contributed by atoms with van der Waals surface area (Å²) in [7, 11) is 0. The molecule has 2 aromatic carbocycles. The summed E-state index contributed by atoms with van der Waals surface area (Å²) in [6.45, 7) is 1.11. The Bertz CT molecular complexity index is 678. The van der Waals surface area contributed by atoms with Crippen molar-refractivity contribution in [2.45, 2.75) is 12.8 Å². The summed E-state index contributed by atoms with van der Waals surface area (Å²) in [4.78, 5) is 16.1. The molecule has 6 nitrogen and oxygen atoms in total. The number of benzene rings is 2. The fourth-order valence-electron chi connectivity index (χ4n) is 2.17. The summed E-state index contributed by atoms with van der Waals surface area (Å²) in [5.41, 5.74) is 1.68. The maximum atomic E-state index is 14.3. The number of halogens is 1. The number of carbonyl (C=O) groups is 1. The molecule has 2 aromatic rings. The highest BCUT2D eigenvalue weighted by Crippen LogP contribution is 2.26. The van der Waals surface area contributed by atoms with Crippen LogP contribution in [0.2, 0.25) is 0 Å². The first-order chi connectivity index (χ1) is 11.5. The zero-order chi connectivity index (χ0) is 17.5. The van der Waals surface area contributed by atoms with E-state index in [9.17, 15) is 14.4 Å². The van der Waals surface area contributed by atoms with E-state index in [2.05, 4.69) is 4.84 Å². The minimum Gasteiger partial charge on any atom is -0.738 e. The van der Waals surface area contributed by atoms with Crippen molar-refractivity contribution in [3.05, 3.63) is 65.1 Å². The van der Waals surface area contributed by atoms with Gasteiger partial charge in [0.15, 0.2) is 0 Å². The molecule has 0 radical (unpaired) electrons. The maximum absolute atomic E-state index is 14.3. The zero-order valence-corrected chi connectivity index (χ0v) is 13.0. The van der Waals surface area contributed by atoms with Crippen LogP contribution in [-0.4, -0.2) is 29.8 Å². The fourth-order valence-corrected chi connectivity index (χ4v) is 2.17. The Hall–Kier alpha value is -2.32. The molecule has 0 bridgehead atoms. The van der Waals surface area contributed by atoms with Crippen molar-refractivity contribution < 1.29 is 24.0 Å². The van der Waals surface area contributed by atoms with Gasteiger partial charge in [-0.1, -0.05) is 42.5 Å². The smallest absolute Gasteiger partial charge is 0.313 e. The number of hydrogen-bond acceptors (Lipinski definition) is 6. The molecule has 0 heterocycles. The Morgan fingerprint density at radius 1 is 1.25 bits per heavy atom. The van der Waals surface area contributed by atoms with E-state index in [-0.39, 0.29) is 13.2 Å². The number of nitrogens with zero attached hydrogens (tertiary/aromatic N) is 1. The van der Waals surface area contributed by atoms with E-state index < -0.39 is 23.1 Å². The molecular formula is C17H17FNO5-. The molecule has 0 aromatic heterocycles. The molecule has 0 aliphatic carbocycles. The van der Waals surface area contributed by atoms with E-state index in [0.717, 1.165) is 5.56 Å². The first-order valence-corrected chi connectivity index (χ1v) is 7.29. The molecule has 1 atom stereocenters. The average molecular weight is 334 g/mol. The van der Waals surface area contributed by atoms with Gasteiger partial charge in [0, 0.05) is 5.56 Å². The monoisotopic (exact) mass is 334 g/mol. The molecule has 1 N–H and O–H groups in total. The zero-order valence-electron chi connectivity index (χ0n) is 13.0. The predicted octanol–water partition coefficient (Wildman–Crippen LogP) is 3.26. The van der Waals surface area contributed by atoms with Crippen LogP contribution in [0.1, 0.15) is 18.4 Å². The van der Waals surface area contributed by atoms with Crippen LogP contribution in [0.5, 0.6) is 0 Å². The van der Waals surface area contributed by atoms with E-state index in [1.54, 1.807) is 31.2 Å². The largest absolute Gasteiger partial charge is 0.738 e. The second-order valence-corrected chi connectivity index (χ2v) is 5.07. The molecule has 0 fully saturated rings. The van der Waals surface area contributed by atoms with Gasteiger partial charge in [0.1, 0.15) is 19.0 Å². The first kappa shape index (κ1) is 18.0. The second kappa shape index (κ2) is 8.51. The summed E-state index contributed by atoms with van der Waals surface area (Å²) in [6, 6.07) is 13.7. The van der Waals surface area contributed by atoms with Crippen LogP contribution in [0.25, 0.3) is 11.1 Å². The Kier molecular flexibility index (Phi) is 6.39. The lowest BCUT2D eigenvalue weighted by atomic mass is 9.97. The molecule has 2 rings (SSSR count). The van der Waals surface area contributed by atoms with Gasteiger partial charge in [-0.15, -0.1) is 5.39 Å². The van der Waals surface area contributed by atoms with Gasteiger partial charge in [0.2, 0.25) is 0 Å². The molecule has 0 unspecified atom stereocenters. The Morgan fingerprint density at radius 2 is 1.96 bits per heavy atom. The van der Waals surface area contributed by atoms with E-state index in [1.807, 2.05) is 18.2 Å². The first-order valence-electron chi connectivity index (χ1n) is 7.29. The second-order valence-electron chi connectivity index (χ2n) is 5.07. The van der Waals surface area contributed by atoms with Crippen molar-refractivity contribution in [1.82, 2.24) is 5.39 Å². The van der Waals surface area contributed by atoms with Gasteiger partial charge in [-0.2, -0.15) is 0 Å². The molecule has 0 aliphatic heterocycles. The fraction of sp³-hybridized carbons (Fsp3) is 0.235. The van der Waals surface area contributed by atoms with Gasteiger partial charge in [-0.25, -0.2) is 4.39 Å². The lowest BCUT2D eigenvalue weighted by molar-refractivity contribution is -0.308. The van der Waals surface area contributed by atoms with E-state index in [4.69, 9.17) is 9.94 Å². The van der Waals surface area contributed by atoms with Gasteiger partial charge in [0.05, 0.1) is 5.92 Å². The Balaban J connectivity index is 2.01. The molecule has 128 valence electrons. The Labute approximate surface area is 138 Å². The normalized spacial score (nSPS) is 12.2. The summed E-state index contributed by atoms with van der Waals surface area (Å²) in [5, 5.41) is 17.6. The highest BCUT2D eigenvalue weighted by atomic mass is 19.1. The van der Waals surface area contributed by atoms with Crippen molar-refractivity contribution in [3.63, 3.8) is 0 Å². The summed E-state index contributed by atoms with van der Waals surface area (Å²) < 4.78 is 19.2. The van der Waals surface area contributed by atoms with Crippen molar-refractivity contribution in [1.29, 1.82) is 0 Å². The quantitative estimate of drug-likeness (QED) is 0.475. The van der Waals surface area contributed by atoms with Crippen LogP contribution in [0.15, 0.2) is 48.5 Å². The van der Waals surface area contributed by atoms with Gasteiger partial charge in [-0.3, -0.25) is 9.63 Å². The van der Waals surface area contributed by atoms with E-state index in [0.29, 0.717) is 11.1 Å². The topological polar surface area (TPSA) is 82.1 Å². The van der Waals surface area contributed by atoms with Gasteiger partial charge >= 0.3 is 5.97 Å². The van der Waals surface area contributed by atoms with Gasteiger partial charge in [0.25, 0.3) is 0 Å². The van der Waals surface area contributed by atoms with Crippen LogP contribution >= 0.6 is 0 Å². The third-order valence-electron chi connectivity index (χ3n) is 3.46. The van der Waals surface area contributed by atoms with Crippen molar-refractivity contribution in [2.75, 3.05) is 13.2 Å².